The van der Waals surface area contributed by atoms with Crippen molar-refractivity contribution in [1.82, 2.24) is 4.90 Å². The van der Waals surface area contributed by atoms with Crippen LogP contribution in [0.1, 0.15) is 20.8 Å². The highest BCUT2D eigenvalue weighted by Crippen LogP contribution is 2.41. The van der Waals surface area contributed by atoms with E-state index in [9.17, 15) is 14.4 Å². The molecular formula is C18H22N2O7. The van der Waals surface area contributed by atoms with Crippen LogP contribution >= 0.6 is 0 Å². The van der Waals surface area contributed by atoms with Gasteiger partial charge in [0.15, 0.2) is 12.2 Å². The molecule has 4 rings (SSSR count). The quantitative estimate of drug-likeness (QED) is 0.576. The van der Waals surface area contributed by atoms with Crippen LogP contribution < -0.4 is 5.06 Å². The summed E-state index contributed by atoms with van der Waals surface area (Å²) >= 11 is 0. The van der Waals surface area contributed by atoms with Gasteiger partial charge >= 0.3 is 18.0 Å². The summed E-state index contributed by atoms with van der Waals surface area (Å²) in [6.07, 6.45) is -3.43. The van der Waals surface area contributed by atoms with Gasteiger partial charge in [-0.25, -0.2) is 14.7 Å². The lowest BCUT2D eigenvalue weighted by Gasteiger charge is -2.58. The molecule has 1 aromatic carbocycles. The summed E-state index contributed by atoms with van der Waals surface area (Å²) in [5, 5.41) is 1.60. The molecule has 1 aromatic rings. The number of esters is 2. The van der Waals surface area contributed by atoms with E-state index in [-0.39, 0.29) is 0 Å². The van der Waals surface area contributed by atoms with Crippen molar-refractivity contribution in [2.24, 2.45) is 0 Å². The number of piperidine rings is 1. The van der Waals surface area contributed by atoms with Gasteiger partial charge in [0.1, 0.15) is 6.04 Å². The normalized spacial score (nSPS) is 29.3. The van der Waals surface area contributed by atoms with Crippen LogP contribution in [0.5, 0.6) is 0 Å². The fourth-order valence-corrected chi connectivity index (χ4v) is 3.64. The maximum atomic E-state index is 12.3. The molecule has 0 radical (unpaired) electrons. The summed E-state index contributed by atoms with van der Waals surface area (Å²) in [6, 6.07) is 8.17. The van der Waals surface area contributed by atoms with Crippen molar-refractivity contribution in [3.63, 3.8) is 0 Å². The molecule has 0 N–H and O–H groups in total. The number of ether oxygens (including phenoxy) is 3. The van der Waals surface area contributed by atoms with Crippen molar-refractivity contribution in [2.75, 3.05) is 12.2 Å². The van der Waals surface area contributed by atoms with E-state index in [1.807, 2.05) is 30.3 Å². The minimum atomic E-state index is -1.01. The summed E-state index contributed by atoms with van der Waals surface area (Å²) in [6.45, 7) is 4.32. The largest absolute Gasteiger partial charge is 0.456 e. The molecule has 1 amide bonds. The molecule has 3 fully saturated rings. The van der Waals surface area contributed by atoms with E-state index >= 15 is 0 Å². The van der Waals surface area contributed by atoms with E-state index < -0.39 is 48.6 Å². The molecule has 9 heteroatoms. The predicted molar refractivity (Wildman–Crippen MR) is 92.4 cm³/mol. The molecule has 0 unspecified atom stereocenters. The lowest BCUT2D eigenvalue weighted by Crippen LogP contribution is -2.78. The molecule has 3 aliphatic heterocycles. The Labute approximate surface area is 156 Å². The monoisotopic (exact) mass is 378 g/mol. The second kappa shape index (κ2) is 7.43. The van der Waals surface area contributed by atoms with Crippen molar-refractivity contribution in [1.29, 1.82) is 0 Å². The number of nitrogens with zero attached hydrogens (tertiary/aromatic N) is 2. The number of rotatable bonds is 3. The zero-order valence-electron chi connectivity index (χ0n) is 15.5. The number of anilines is 1. The molecule has 2 bridgehead atoms. The van der Waals surface area contributed by atoms with E-state index in [0.29, 0.717) is 0 Å². The third kappa shape index (κ3) is 3.42. The first-order valence-electron chi connectivity index (χ1n) is 8.57. The number of methoxy groups -OCH3 is 1. The van der Waals surface area contributed by atoms with E-state index in [2.05, 4.69) is 0 Å². The highest BCUT2D eigenvalue weighted by molar-refractivity contribution is 5.71. The number of amides is 1. The second-order valence-corrected chi connectivity index (χ2v) is 6.41. The maximum Gasteiger partial charge on any atom is 0.412 e. The standard InChI is InChI=1S/C18H22N2O7/c1-10-14-15(25-11(2)21)16(26-12(3)22)17(19(10)18(23)24-4)27-20(14)13-8-6-5-7-9-13/h5-10,14-17H,1-4H3/t10-,14-,15+,16+,17-/m1/s1. The lowest BCUT2D eigenvalue weighted by molar-refractivity contribution is -0.265. The van der Waals surface area contributed by atoms with Crippen molar-refractivity contribution >= 4 is 23.7 Å². The average Bonchev–Trinajstić information content (AvgIpc) is 2.63. The van der Waals surface area contributed by atoms with Crippen molar-refractivity contribution in [2.45, 2.75) is 51.3 Å². The fourth-order valence-electron chi connectivity index (χ4n) is 3.64. The molecule has 3 saturated heterocycles. The molecule has 0 saturated carbocycles. The Hall–Kier alpha value is -2.81. The minimum absolute atomic E-state index is 0.437. The van der Waals surface area contributed by atoms with Crippen LogP contribution in [0.25, 0.3) is 0 Å². The van der Waals surface area contributed by atoms with Crippen LogP contribution in [0, 0.1) is 0 Å². The van der Waals surface area contributed by atoms with Crippen molar-refractivity contribution < 1.29 is 33.4 Å². The number of carbonyl (C=O) groups excluding carboxylic acids is 3. The molecule has 0 aliphatic carbocycles. The van der Waals surface area contributed by atoms with E-state index in [0.717, 1.165) is 5.69 Å². The highest BCUT2D eigenvalue weighted by atomic mass is 16.7. The molecule has 0 aromatic heterocycles. The van der Waals surface area contributed by atoms with Gasteiger partial charge in [-0.05, 0) is 19.1 Å². The molecule has 3 heterocycles. The molecule has 0 spiro atoms. The van der Waals surface area contributed by atoms with Gasteiger partial charge in [0.2, 0.25) is 6.23 Å². The Kier molecular flexibility index (Phi) is 5.22. The van der Waals surface area contributed by atoms with Gasteiger partial charge < -0.3 is 14.2 Å². The van der Waals surface area contributed by atoms with Crippen molar-refractivity contribution in [3.05, 3.63) is 30.3 Å². The van der Waals surface area contributed by atoms with Gasteiger partial charge in [-0.1, -0.05) is 18.2 Å². The molecule has 27 heavy (non-hydrogen) atoms. The van der Waals surface area contributed by atoms with Gasteiger partial charge in [-0.2, -0.15) is 0 Å². The predicted octanol–water partition coefficient (Wildman–Crippen LogP) is 1.47. The van der Waals surface area contributed by atoms with Gasteiger partial charge in [0, 0.05) is 13.8 Å². The number of hydroxylamine groups is 1. The van der Waals surface area contributed by atoms with Gasteiger partial charge in [-0.15, -0.1) is 0 Å². The summed E-state index contributed by atoms with van der Waals surface area (Å²) in [5.41, 5.74) is 0.724. The van der Waals surface area contributed by atoms with Crippen LogP contribution in [0.2, 0.25) is 0 Å². The lowest BCUT2D eigenvalue weighted by atomic mass is 9.88. The average molecular weight is 378 g/mol. The topological polar surface area (TPSA) is 94.6 Å². The van der Waals surface area contributed by atoms with Gasteiger partial charge in [0.25, 0.3) is 0 Å². The van der Waals surface area contributed by atoms with E-state index in [1.165, 1.54) is 25.9 Å². The fraction of sp³-hybridized carbons (Fsp3) is 0.500. The molecule has 9 nitrogen and oxygen atoms in total. The van der Waals surface area contributed by atoms with E-state index in [1.54, 1.807) is 12.0 Å². The smallest absolute Gasteiger partial charge is 0.412 e. The molecule has 146 valence electrons. The summed E-state index contributed by atoms with van der Waals surface area (Å²) in [5.74, 6) is -1.09. The van der Waals surface area contributed by atoms with Crippen LogP contribution in [0.3, 0.4) is 0 Å². The van der Waals surface area contributed by atoms with Crippen LogP contribution in [-0.4, -0.2) is 60.6 Å². The Balaban J connectivity index is 2.05. The highest BCUT2D eigenvalue weighted by Gasteiger charge is 2.61. The zero-order chi connectivity index (χ0) is 19.7. The first-order valence-corrected chi connectivity index (χ1v) is 8.57. The number of benzene rings is 1. The van der Waals surface area contributed by atoms with Gasteiger partial charge in [-0.3, -0.25) is 14.5 Å². The molecular weight excluding hydrogens is 356 g/mol. The Morgan fingerprint density at radius 3 is 2.15 bits per heavy atom. The van der Waals surface area contributed by atoms with E-state index in [4.69, 9.17) is 19.0 Å². The van der Waals surface area contributed by atoms with Crippen molar-refractivity contribution in [3.8, 4) is 0 Å². The number of carbonyl (C=O) groups is 3. The van der Waals surface area contributed by atoms with Crippen LogP contribution in [0.4, 0.5) is 10.5 Å². The zero-order valence-corrected chi connectivity index (χ0v) is 15.5. The van der Waals surface area contributed by atoms with Gasteiger partial charge in [0.05, 0.1) is 18.8 Å². The Morgan fingerprint density at radius 1 is 1.00 bits per heavy atom. The first kappa shape index (κ1) is 19.0. The minimum Gasteiger partial charge on any atom is -0.456 e. The maximum absolute atomic E-state index is 12.3. The SMILES string of the molecule is COC(=O)N1[C@H](C)[C@@H]2[C@H](OC(C)=O)[C@H](OC(C)=O)[C@H]1ON2c1ccccc1. The van der Waals surface area contributed by atoms with Crippen LogP contribution in [-0.2, 0) is 28.6 Å². The Morgan fingerprint density at radius 2 is 1.59 bits per heavy atom. The number of fused-ring (bicyclic) bond motifs is 3. The summed E-state index contributed by atoms with van der Waals surface area (Å²) < 4.78 is 15.7. The summed E-state index contributed by atoms with van der Waals surface area (Å²) in [7, 11) is 1.26. The molecule has 3 aliphatic rings. The molecule has 5 atom stereocenters. The summed E-state index contributed by atoms with van der Waals surface area (Å²) in [4.78, 5) is 43.0. The second-order valence-electron chi connectivity index (χ2n) is 6.41. The number of hydrogen-bond donors (Lipinski definition) is 0. The number of para-hydroxylation sites is 1. The third-order valence-electron chi connectivity index (χ3n) is 4.64. The first-order chi connectivity index (χ1) is 12.8. The number of hydrogen-bond acceptors (Lipinski definition) is 8. The third-order valence-corrected chi connectivity index (χ3v) is 4.64. The van der Waals surface area contributed by atoms with Crippen LogP contribution in [0.15, 0.2) is 30.3 Å². The Bertz CT molecular complexity index is 726.